The van der Waals surface area contributed by atoms with Gasteiger partial charge in [-0.25, -0.2) is 0 Å². The third-order valence-corrected chi connectivity index (χ3v) is 3.61. The normalized spacial score (nSPS) is 18.2. The van der Waals surface area contributed by atoms with Crippen molar-refractivity contribution < 1.29 is 5.11 Å². The molecule has 2 heteroatoms. The Balaban J connectivity index is 2.04. The second-order valence-electron chi connectivity index (χ2n) is 4.94. The van der Waals surface area contributed by atoms with E-state index in [0.717, 1.165) is 23.6 Å². The molecule has 2 rings (SSSR count). The molecule has 0 saturated heterocycles. The van der Waals surface area contributed by atoms with E-state index < -0.39 is 0 Å². The van der Waals surface area contributed by atoms with Crippen LogP contribution in [0.4, 0.5) is 5.69 Å². The third kappa shape index (κ3) is 2.91. The Morgan fingerprint density at radius 1 is 1.12 bits per heavy atom. The number of anilines is 1. The quantitative estimate of drug-likeness (QED) is 0.454. The van der Waals surface area contributed by atoms with Gasteiger partial charge in [-0.15, -0.1) is 0 Å². The molecule has 0 heterocycles. The second kappa shape index (κ2) is 5.24. The molecule has 88 valence electrons. The van der Waals surface area contributed by atoms with Gasteiger partial charge >= 0.3 is 0 Å². The van der Waals surface area contributed by atoms with Gasteiger partial charge < -0.3 is 10.8 Å². The summed E-state index contributed by atoms with van der Waals surface area (Å²) in [5, 5.41) is 9.47. The molecular formula is C14H21NO. The lowest BCUT2D eigenvalue weighted by molar-refractivity contribution is 0.453. The van der Waals surface area contributed by atoms with E-state index in [1.165, 1.54) is 38.5 Å². The lowest BCUT2D eigenvalue weighted by Crippen LogP contribution is -2.05. The highest BCUT2D eigenvalue weighted by atomic mass is 16.3. The van der Waals surface area contributed by atoms with Gasteiger partial charge in [0.25, 0.3) is 0 Å². The molecular weight excluding hydrogens is 198 g/mol. The number of nitrogens with two attached hydrogens (primary N) is 1. The first-order valence-electron chi connectivity index (χ1n) is 6.33. The molecule has 1 saturated carbocycles. The van der Waals surface area contributed by atoms with Crippen molar-refractivity contribution in [3.63, 3.8) is 0 Å². The molecule has 1 aromatic rings. The van der Waals surface area contributed by atoms with E-state index in [2.05, 4.69) is 0 Å². The number of nitrogen functional groups attached to an aromatic ring is 1. The predicted octanol–water partition coefficient (Wildman–Crippen LogP) is 3.49. The summed E-state index contributed by atoms with van der Waals surface area (Å²) in [6, 6.07) is 5.29. The highest BCUT2D eigenvalue weighted by Crippen LogP contribution is 2.29. The summed E-state index contributed by atoms with van der Waals surface area (Å²) in [6.07, 6.45) is 9.12. The summed E-state index contributed by atoms with van der Waals surface area (Å²) in [6.45, 7) is 0. The molecule has 2 nitrogen and oxygen atoms in total. The molecule has 0 radical (unpaired) electrons. The van der Waals surface area contributed by atoms with Gasteiger partial charge in [-0.2, -0.15) is 0 Å². The van der Waals surface area contributed by atoms with Crippen molar-refractivity contribution in [2.24, 2.45) is 5.92 Å². The zero-order chi connectivity index (χ0) is 11.4. The summed E-state index contributed by atoms with van der Waals surface area (Å²) in [4.78, 5) is 0. The highest BCUT2D eigenvalue weighted by molar-refractivity contribution is 5.50. The van der Waals surface area contributed by atoms with Crippen molar-refractivity contribution in [3.05, 3.63) is 23.8 Å². The van der Waals surface area contributed by atoms with Crippen molar-refractivity contribution in [1.29, 1.82) is 0 Å². The number of rotatable bonds is 2. The molecule has 0 aliphatic heterocycles. The van der Waals surface area contributed by atoms with E-state index in [0.29, 0.717) is 5.75 Å². The van der Waals surface area contributed by atoms with Gasteiger partial charge in [0.15, 0.2) is 0 Å². The van der Waals surface area contributed by atoms with E-state index in [-0.39, 0.29) is 0 Å². The topological polar surface area (TPSA) is 46.2 Å². The molecule has 0 aromatic heterocycles. The van der Waals surface area contributed by atoms with Crippen LogP contribution >= 0.6 is 0 Å². The number of hydrogen-bond donors (Lipinski definition) is 2. The van der Waals surface area contributed by atoms with Crippen LogP contribution in [0.5, 0.6) is 5.75 Å². The second-order valence-corrected chi connectivity index (χ2v) is 4.94. The molecule has 3 N–H and O–H groups in total. The average molecular weight is 219 g/mol. The van der Waals surface area contributed by atoms with Crippen LogP contribution in [0.2, 0.25) is 0 Å². The summed E-state index contributed by atoms with van der Waals surface area (Å²) in [7, 11) is 0. The van der Waals surface area contributed by atoms with E-state index in [4.69, 9.17) is 5.73 Å². The minimum Gasteiger partial charge on any atom is -0.508 e. The van der Waals surface area contributed by atoms with E-state index in [9.17, 15) is 5.11 Å². The molecule has 0 unspecified atom stereocenters. The van der Waals surface area contributed by atoms with Gasteiger partial charge in [-0.1, -0.05) is 38.5 Å². The lowest BCUT2D eigenvalue weighted by atomic mass is 9.92. The number of hydrogen-bond acceptors (Lipinski definition) is 2. The smallest absolute Gasteiger partial charge is 0.116 e. The summed E-state index contributed by atoms with van der Waals surface area (Å²) in [5.41, 5.74) is 7.87. The van der Waals surface area contributed by atoms with Crippen molar-refractivity contribution in [3.8, 4) is 5.75 Å². The number of phenolic OH excluding ortho intramolecular Hbond substituents is 1. The van der Waals surface area contributed by atoms with Crippen molar-refractivity contribution >= 4 is 5.69 Å². The number of aromatic hydroxyl groups is 1. The molecule has 1 aromatic carbocycles. The van der Waals surface area contributed by atoms with Gasteiger partial charge in [0.05, 0.1) is 0 Å². The van der Waals surface area contributed by atoms with E-state index >= 15 is 0 Å². The first kappa shape index (κ1) is 11.3. The number of benzene rings is 1. The maximum absolute atomic E-state index is 9.47. The molecule has 0 amide bonds. The average Bonchev–Trinajstić information content (AvgIpc) is 2.52. The largest absolute Gasteiger partial charge is 0.508 e. The van der Waals surface area contributed by atoms with E-state index in [1.807, 2.05) is 6.07 Å². The Labute approximate surface area is 97.5 Å². The minimum absolute atomic E-state index is 0.331. The Morgan fingerprint density at radius 2 is 1.81 bits per heavy atom. The fraction of sp³-hybridized carbons (Fsp3) is 0.571. The summed E-state index contributed by atoms with van der Waals surface area (Å²) in [5.74, 6) is 1.09. The fourth-order valence-electron chi connectivity index (χ4n) is 2.65. The van der Waals surface area contributed by atoms with Crippen molar-refractivity contribution in [2.45, 2.75) is 44.9 Å². The standard InChI is InChI=1S/C14H21NO/c15-14-8-7-13(16)10-12(14)9-11-5-3-1-2-4-6-11/h7-8,10-11,16H,1-6,9,15H2. The van der Waals surface area contributed by atoms with E-state index in [1.54, 1.807) is 12.1 Å². The minimum atomic E-state index is 0.331. The fourth-order valence-corrected chi connectivity index (χ4v) is 2.65. The molecule has 0 atom stereocenters. The number of phenols is 1. The third-order valence-electron chi connectivity index (χ3n) is 3.61. The Hall–Kier alpha value is -1.18. The zero-order valence-corrected chi connectivity index (χ0v) is 9.78. The highest BCUT2D eigenvalue weighted by Gasteiger charge is 2.14. The molecule has 1 fully saturated rings. The Kier molecular flexibility index (Phi) is 3.70. The summed E-state index contributed by atoms with van der Waals surface area (Å²) >= 11 is 0. The molecule has 0 bridgehead atoms. The summed E-state index contributed by atoms with van der Waals surface area (Å²) < 4.78 is 0. The monoisotopic (exact) mass is 219 g/mol. The van der Waals surface area contributed by atoms with Gasteiger partial charge in [0.1, 0.15) is 5.75 Å². The molecule has 1 aliphatic rings. The zero-order valence-electron chi connectivity index (χ0n) is 9.78. The van der Waals surface area contributed by atoms with Crippen LogP contribution < -0.4 is 5.73 Å². The van der Waals surface area contributed by atoms with Crippen molar-refractivity contribution in [1.82, 2.24) is 0 Å². The maximum atomic E-state index is 9.47. The van der Waals surface area contributed by atoms with Crippen LogP contribution in [-0.2, 0) is 6.42 Å². The predicted molar refractivity (Wildman–Crippen MR) is 67.4 cm³/mol. The van der Waals surface area contributed by atoms with Crippen LogP contribution in [0.1, 0.15) is 44.1 Å². The van der Waals surface area contributed by atoms with Gasteiger partial charge in [-0.3, -0.25) is 0 Å². The van der Waals surface area contributed by atoms with Crippen molar-refractivity contribution in [2.75, 3.05) is 5.73 Å². The lowest BCUT2D eigenvalue weighted by Gasteiger charge is -2.15. The SMILES string of the molecule is Nc1ccc(O)cc1CC1CCCCCC1. The first-order valence-corrected chi connectivity index (χ1v) is 6.33. The Morgan fingerprint density at radius 3 is 2.50 bits per heavy atom. The first-order chi connectivity index (χ1) is 7.75. The molecule has 16 heavy (non-hydrogen) atoms. The van der Waals surface area contributed by atoms with Crippen LogP contribution in [-0.4, -0.2) is 5.11 Å². The molecule has 0 spiro atoms. The Bertz CT molecular complexity index is 341. The van der Waals surface area contributed by atoms with Gasteiger partial charge in [0.2, 0.25) is 0 Å². The van der Waals surface area contributed by atoms with Crippen LogP contribution in [0.15, 0.2) is 18.2 Å². The van der Waals surface area contributed by atoms with Gasteiger partial charge in [0, 0.05) is 5.69 Å². The van der Waals surface area contributed by atoms with Crippen LogP contribution in [0, 0.1) is 5.92 Å². The maximum Gasteiger partial charge on any atom is 0.116 e. The van der Waals surface area contributed by atoms with Gasteiger partial charge in [-0.05, 0) is 36.1 Å². The van der Waals surface area contributed by atoms with Crippen LogP contribution in [0.25, 0.3) is 0 Å². The van der Waals surface area contributed by atoms with Crippen LogP contribution in [0.3, 0.4) is 0 Å². The molecule has 1 aliphatic carbocycles.